The first-order chi connectivity index (χ1) is 48.4. The number of nitriles is 3. The van der Waals surface area contributed by atoms with Crippen molar-refractivity contribution in [1.29, 1.82) is 15.8 Å². The van der Waals surface area contributed by atoms with E-state index in [-0.39, 0.29) is 0 Å². The van der Waals surface area contributed by atoms with E-state index in [1.54, 1.807) is 0 Å². The third-order valence-corrected chi connectivity index (χ3v) is 18.7. The predicted molar refractivity (Wildman–Crippen MR) is 397 cm³/mol. The largest absolute Gasteiger partial charge is 0.309 e. The molecule has 0 amide bonds. The molecule has 3 heterocycles. The summed E-state index contributed by atoms with van der Waals surface area (Å²) in [6.07, 6.45) is 0. The Morgan fingerprint density at radius 3 is 0.878 bits per heavy atom. The lowest BCUT2D eigenvalue weighted by Gasteiger charge is -2.18. The first-order valence-electron chi connectivity index (χ1n) is 32.5. The lowest BCUT2D eigenvalue weighted by atomic mass is 9.95. The van der Waals surface area contributed by atoms with Crippen molar-refractivity contribution in [2.75, 3.05) is 0 Å². The van der Waals surface area contributed by atoms with E-state index in [4.69, 9.17) is 15.0 Å². The van der Waals surface area contributed by atoms with Crippen molar-refractivity contribution in [2.24, 2.45) is 0 Å². The van der Waals surface area contributed by atoms with E-state index in [9.17, 15) is 15.8 Å². The second-order valence-corrected chi connectivity index (χ2v) is 24.4. The number of nitrogens with zero attached hydrogens (tertiary/aromatic N) is 8. The lowest BCUT2D eigenvalue weighted by molar-refractivity contribution is 1.07. The third kappa shape index (κ3) is 10.4. The summed E-state index contributed by atoms with van der Waals surface area (Å²) >= 11 is 0. The molecule has 14 aromatic carbocycles. The third-order valence-electron chi connectivity index (χ3n) is 18.7. The van der Waals surface area contributed by atoms with E-state index in [1.807, 2.05) is 121 Å². The van der Waals surface area contributed by atoms with Crippen LogP contribution in [0, 0.1) is 34.0 Å². The molecule has 0 spiro atoms. The Bertz CT molecular complexity index is 5590. The highest BCUT2D eigenvalue weighted by Crippen LogP contribution is 2.45. The molecule has 0 bridgehead atoms. The standard InChI is InChI=1S/C90H54N8/c91-55-58-29-33-64(34-30-58)76-53-70(41-47-82(76)97-84-43-37-66(60-17-5-1-6-18-60)49-78(84)79-50-67(38-44-85(79)97)61-19-7-2-8-20-61)88-94-89(96-90(95-88)75-28-16-15-27-74(75)73-26-14-13-25-72(73)57-93)71-42-48-83(77(54-71)65-35-31-59(56-92)32-36-65)98-86-45-39-68(62-21-9-3-10-22-62)51-80(86)81-52-69(40-46-87(81)98)63-23-11-4-12-24-63/h1-54H. The molecule has 98 heavy (non-hydrogen) atoms. The van der Waals surface area contributed by atoms with Crippen molar-refractivity contribution in [3.63, 3.8) is 0 Å². The van der Waals surface area contributed by atoms with Gasteiger partial charge in [-0.05, 0) is 176 Å². The van der Waals surface area contributed by atoms with Gasteiger partial charge in [0.05, 0.1) is 68.3 Å². The molecule has 0 aliphatic rings. The number of aromatic nitrogens is 5. The summed E-state index contributed by atoms with van der Waals surface area (Å²) < 4.78 is 4.71. The van der Waals surface area contributed by atoms with E-state index >= 15 is 0 Å². The second kappa shape index (κ2) is 24.6. The molecule has 0 radical (unpaired) electrons. The minimum atomic E-state index is 0.415. The molecular formula is C90H54N8. The van der Waals surface area contributed by atoms with Crippen LogP contribution in [0.25, 0.3) is 167 Å². The summed E-state index contributed by atoms with van der Waals surface area (Å²) in [5, 5.41) is 35.3. The monoisotopic (exact) mass is 1250 g/mol. The van der Waals surface area contributed by atoms with Gasteiger partial charge in [0.25, 0.3) is 0 Å². The summed E-state index contributed by atoms with van der Waals surface area (Å²) in [5.74, 6) is 1.26. The minimum Gasteiger partial charge on any atom is -0.309 e. The van der Waals surface area contributed by atoms with Crippen LogP contribution >= 0.6 is 0 Å². The number of benzene rings is 14. The number of hydrogen-bond acceptors (Lipinski definition) is 6. The summed E-state index contributed by atoms with van der Waals surface area (Å²) in [4.78, 5) is 16.5. The Labute approximate surface area is 566 Å². The van der Waals surface area contributed by atoms with Crippen molar-refractivity contribution in [3.05, 3.63) is 344 Å². The Balaban J connectivity index is 0.897. The van der Waals surface area contributed by atoms with E-state index in [1.165, 1.54) is 0 Å². The maximum absolute atomic E-state index is 10.6. The molecule has 8 nitrogen and oxygen atoms in total. The van der Waals surface area contributed by atoms with Crippen LogP contribution < -0.4 is 0 Å². The normalized spacial score (nSPS) is 11.2. The molecule has 0 aliphatic heterocycles. The zero-order valence-corrected chi connectivity index (χ0v) is 52.8. The van der Waals surface area contributed by atoms with Gasteiger partial charge in [0.2, 0.25) is 0 Å². The number of hydrogen-bond donors (Lipinski definition) is 0. The highest BCUT2D eigenvalue weighted by Gasteiger charge is 2.24. The van der Waals surface area contributed by atoms with Gasteiger partial charge >= 0.3 is 0 Å². The summed E-state index contributed by atoms with van der Waals surface area (Å²) in [5.41, 5.74) is 23.9. The fraction of sp³-hybridized carbons (Fsp3) is 0. The average molecular weight is 1250 g/mol. The van der Waals surface area contributed by atoms with Crippen LogP contribution in [0.2, 0.25) is 0 Å². The summed E-state index contributed by atoms with van der Waals surface area (Å²) in [7, 11) is 0. The van der Waals surface area contributed by atoms with Crippen molar-refractivity contribution < 1.29 is 0 Å². The van der Waals surface area contributed by atoms with Gasteiger partial charge in [-0.25, -0.2) is 15.0 Å². The fourth-order valence-corrected chi connectivity index (χ4v) is 13.9. The van der Waals surface area contributed by atoms with E-state index in [2.05, 4.69) is 234 Å². The van der Waals surface area contributed by atoms with Crippen LogP contribution in [0.4, 0.5) is 0 Å². The minimum absolute atomic E-state index is 0.415. The molecule has 0 fully saturated rings. The molecule has 454 valence electrons. The van der Waals surface area contributed by atoms with Gasteiger partial charge in [-0.1, -0.05) is 212 Å². The van der Waals surface area contributed by atoms with Crippen LogP contribution in [-0.4, -0.2) is 24.1 Å². The highest BCUT2D eigenvalue weighted by atomic mass is 15.0. The Morgan fingerprint density at radius 1 is 0.214 bits per heavy atom. The van der Waals surface area contributed by atoms with E-state index < -0.39 is 0 Å². The quantitative estimate of drug-likeness (QED) is 0.120. The molecular weight excluding hydrogens is 1190 g/mol. The second-order valence-electron chi connectivity index (χ2n) is 24.4. The van der Waals surface area contributed by atoms with Crippen LogP contribution in [0.5, 0.6) is 0 Å². The average Bonchev–Trinajstić information content (AvgIpc) is 1.57. The van der Waals surface area contributed by atoms with Gasteiger partial charge in [0, 0.05) is 54.9 Å². The first kappa shape index (κ1) is 58.0. The topological polar surface area (TPSA) is 120 Å². The Morgan fingerprint density at radius 2 is 0.520 bits per heavy atom. The smallest absolute Gasteiger partial charge is 0.164 e. The van der Waals surface area contributed by atoms with Gasteiger partial charge in [0.15, 0.2) is 17.5 Å². The lowest BCUT2D eigenvalue weighted by Crippen LogP contribution is -2.03. The van der Waals surface area contributed by atoms with E-state index in [0.29, 0.717) is 34.2 Å². The van der Waals surface area contributed by atoms with Crippen molar-refractivity contribution in [2.45, 2.75) is 0 Å². The maximum atomic E-state index is 10.6. The number of fused-ring (bicyclic) bond motifs is 6. The molecule has 0 N–H and O–H groups in total. The Hall–Kier alpha value is -13.8. The van der Waals surface area contributed by atoms with Crippen molar-refractivity contribution in [1.82, 2.24) is 24.1 Å². The molecule has 0 saturated heterocycles. The zero-order chi connectivity index (χ0) is 65.6. The number of rotatable bonds is 12. The molecule has 3 aromatic heterocycles. The molecule has 17 aromatic rings. The predicted octanol–water partition coefficient (Wildman–Crippen LogP) is 22.4. The SMILES string of the molecule is N#Cc1ccc(-c2cc(-c3nc(-c4ccc(-n5c6ccc(-c7ccccc7)cc6c6cc(-c7ccccc7)ccc65)c(-c5ccc(C#N)cc5)c4)nc(-c4ccccc4-c4ccccc4C#N)n3)ccc2-n2c3ccc(-c4ccccc4)cc3c3cc(-c4ccccc4)ccc32)cc1. The van der Waals surface area contributed by atoms with Gasteiger partial charge < -0.3 is 9.13 Å². The van der Waals surface area contributed by atoms with Crippen LogP contribution in [0.1, 0.15) is 16.7 Å². The van der Waals surface area contributed by atoms with Crippen molar-refractivity contribution in [3.8, 4) is 142 Å². The molecule has 0 saturated carbocycles. The molecule has 17 rings (SSSR count). The van der Waals surface area contributed by atoms with Gasteiger partial charge in [0.1, 0.15) is 0 Å². The summed E-state index contributed by atoms with van der Waals surface area (Å²) in [6.45, 7) is 0. The van der Waals surface area contributed by atoms with Gasteiger partial charge in [-0.2, -0.15) is 15.8 Å². The van der Waals surface area contributed by atoms with Crippen LogP contribution in [-0.2, 0) is 0 Å². The highest BCUT2D eigenvalue weighted by molar-refractivity contribution is 6.14. The van der Waals surface area contributed by atoms with E-state index in [0.717, 1.165) is 150 Å². The molecule has 0 unspecified atom stereocenters. The fourth-order valence-electron chi connectivity index (χ4n) is 13.9. The zero-order valence-electron chi connectivity index (χ0n) is 52.8. The van der Waals surface area contributed by atoms with Crippen LogP contribution in [0.15, 0.2) is 328 Å². The van der Waals surface area contributed by atoms with Crippen molar-refractivity contribution >= 4 is 43.6 Å². The molecule has 8 heteroatoms. The molecule has 0 aliphatic carbocycles. The maximum Gasteiger partial charge on any atom is 0.164 e. The van der Waals surface area contributed by atoms with Crippen LogP contribution in [0.3, 0.4) is 0 Å². The summed E-state index contributed by atoms with van der Waals surface area (Å²) in [6, 6.07) is 120. The van der Waals surface area contributed by atoms with Gasteiger partial charge in [-0.3, -0.25) is 0 Å². The molecule has 0 atom stereocenters. The Kier molecular flexibility index (Phi) is 14.5. The first-order valence-corrected chi connectivity index (χ1v) is 32.5. The van der Waals surface area contributed by atoms with Gasteiger partial charge in [-0.15, -0.1) is 0 Å².